The van der Waals surface area contributed by atoms with Gasteiger partial charge >= 0.3 is 0 Å². The molecule has 1 heterocycles. The van der Waals surface area contributed by atoms with Gasteiger partial charge in [0.2, 0.25) is 0 Å². The van der Waals surface area contributed by atoms with Gasteiger partial charge in [-0.1, -0.05) is 18.2 Å². The van der Waals surface area contributed by atoms with Gasteiger partial charge in [0.25, 0.3) is 5.91 Å². The van der Waals surface area contributed by atoms with E-state index in [1.807, 2.05) is 38.1 Å². The van der Waals surface area contributed by atoms with Crippen molar-refractivity contribution in [3.05, 3.63) is 45.9 Å². The molecular formula is C14H17N3OS. The highest BCUT2D eigenvalue weighted by atomic mass is 32.1. The van der Waals surface area contributed by atoms with Crippen molar-refractivity contribution in [2.75, 3.05) is 12.3 Å². The molecule has 0 aliphatic carbocycles. The second-order valence-corrected chi connectivity index (χ2v) is 5.14. The van der Waals surface area contributed by atoms with Crippen molar-refractivity contribution < 1.29 is 4.79 Å². The van der Waals surface area contributed by atoms with Crippen molar-refractivity contribution in [2.45, 2.75) is 20.4 Å². The summed E-state index contributed by atoms with van der Waals surface area (Å²) in [7, 11) is 0. The number of amides is 1. The van der Waals surface area contributed by atoms with Crippen molar-refractivity contribution in [3.63, 3.8) is 0 Å². The monoisotopic (exact) mass is 275 g/mol. The third-order valence-electron chi connectivity index (χ3n) is 3.02. The lowest BCUT2D eigenvalue weighted by molar-refractivity contribution is 0.0757. The van der Waals surface area contributed by atoms with Crippen LogP contribution in [0.2, 0.25) is 0 Å². The molecule has 0 fully saturated rings. The van der Waals surface area contributed by atoms with Crippen LogP contribution in [0.25, 0.3) is 0 Å². The maximum absolute atomic E-state index is 12.4. The van der Waals surface area contributed by atoms with Crippen LogP contribution in [0.4, 0.5) is 5.69 Å². The number of nitrogen functional groups attached to an aromatic ring is 1. The molecule has 2 N–H and O–H groups in total. The summed E-state index contributed by atoms with van der Waals surface area (Å²) in [6, 6.07) is 7.63. The number of aryl methyl sites for hydroxylation is 1. The maximum atomic E-state index is 12.4. The van der Waals surface area contributed by atoms with E-state index >= 15 is 0 Å². The third-order valence-corrected chi connectivity index (χ3v) is 3.94. The fourth-order valence-electron chi connectivity index (χ4n) is 1.86. The van der Waals surface area contributed by atoms with Gasteiger partial charge in [-0.2, -0.15) is 0 Å². The number of para-hydroxylation sites is 1. The van der Waals surface area contributed by atoms with Gasteiger partial charge < -0.3 is 10.6 Å². The molecule has 2 aromatic rings. The molecule has 100 valence electrons. The van der Waals surface area contributed by atoms with E-state index in [1.54, 1.807) is 10.4 Å². The van der Waals surface area contributed by atoms with Crippen LogP contribution >= 0.6 is 11.3 Å². The molecule has 0 bridgehead atoms. The third kappa shape index (κ3) is 2.93. The van der Waals surface area contributed by atoms with Crippen molar-refractivity contribution in [1.29, 1.82) is 0 Å². The largest absolute Gasteiger partial charge is 0.398 e. The molecule has 0 aliphatic heterocycles. The zero-order chi connectivity index (χ0) is 13.8. The number of rotatable bonds is 4. The van der Waals surface area contributed by atoms with Crippen LogP contribution in [0.15, 0.2) is 29.8 Å². The van der Waals surface area contributed by atoms with Crippen LogP contribution in [0, 0.1) is 6.92 Å². The Bertz CT molecular complexity index is 580. The summed E-state index contributed by atoms with van der Waals surface area (Å²) in [5, 5.41) is 0. The molecule has 0 atom stereocenters. The molecule has 19 heavy (non-hydrogen) atoms. The highest BCUT2D eigenvalue weighted by molar-refractivity contribution is 7.11. The summed E-state index contributed by atoms with van der Waals surface area (Å²) in [5.74, 6) is 0.0192. The molecule has 1 aromatic carbocycles. The van der Waals surface area contributed by atoms with E-state index in [-0.39, 0.29) is 5.91 Å². The second kappa shape index (κ2) is 5.84. The van der Waals surface area contributed by atoms with Gasteiger partial charge in [-0.05, 0) is 25.5 Å². The first-order valence-corrected chi connectivity index (χ1v) is 7.04. The van der Waals surface area contributed by atoms with Gasteiger partial charge in [0.15, 0.2) is 0 Å². The molecule has 0 saturated carbocycles. The van der Waals surface area contributed by atoms with Crippen LogP contribution < -0.4 is 5.73 Å². The van der Waals surface area contributed by atoms with Crippen LogP contribution in [0.1, 0.15) is 27.9 Å². The molecule has 0 radical (unpaired) electrons. The van der Waals surface area contributed by atoms with E-state index in [2.05, 4.69) is 4.98 Å². The van der Waals surface area contributed by atoms with Crippen LogP contribution in [-0.4, -0.2) is 22.3 Å². The number of hydrogen-bond acceptors (Lipinski definition) is 4. The summed E-state index contributed by atoms with van der Waals surface area (Å²) in [4.78, 5) is 19.0. The molecule has 0 unspecified atom stereocenters. The number of hydrogen-bond donors (Lipinski definition) is 1. The van der Waals surface area contributed by atoms with E-state index in [0.29, 0.717) is 18.0 Å². The zero-order valence-electron chi connectivity index (χ0n) is 11.1. The first-order chi connectivity index (χ1) is 9.13. The van der Waals surface area contributed by atoms with Crippen molar-refractivity contribution in [1.82, 2.24) is 9.88 Å². The first kappa shape index (κ1) is 13.5. The van der Waals surface area contributed by atoms with Gasteiger partial charge in [0, 0.05) is 18.8 Å². The predicted octanol–water partition coefficient (Wildman–Crippen LogP) is 2.70. The zero-order valence-corrected chi connectivity index (χ0v) is 11.9. The Balaban J connectivity index is 2.20. The molecule has 0 spiro atoms. The fourth-order valence-corrected chi connectivity index (χ4v) is 2.63. The Labute approximate surface area is 116 Å². The number of anilines is 1. The normalized spacial score (nSPS) is 10.4. The number of nitrogens with two attached hydrogens (primary N) is 1. The maximum Gasteiger partial charge on any atom is 0.266 e. The molecule has 0 saturated heterocycles. The molecule has 0 aliphatic rings. The summed E-state index contributed by atoms with van der Waals surface area (Å²) in [6.45, 7) is 4.99. The average Bonchev–Trinajstić information content (AvgIpc) is 2.83. The minimum atomic E-state index is 0.0192. The Morgan fingerprint density at radius 2 is 2.16 bits per heavy atom. The number of aromatic nitrogens is 1. The summed E-state index contributed by atoms with van der Waals surface area (Å²) >= 11 is 1.38. The Morgan fingerprint density at radius 1 is 1.42 bits per heavy atom. The topological polar surface area (TPSA) is 59.2 Å². The Morgan fingerprint density at radius 3 is 2.74 bits per heavy atom. The molecule has 1 aromatic heterocycles. The van der Waals surface area contributed by atoms with Gasteiger partial charge in [0.05, 0.1) is 11.2 Å². The number of carbonyl (C=O) groups excluding carboxylic acids is 1. The lowest BCUT2D eigenvalue weighted by Gasteiger charge is -2.21. The summed E-state index contributed by atoms with van der Waals surface area (Å²) < 4.78 is 0. The van der Waals surface area contributed by atoms with E-state index in [0.717, 1.165) is 16.9 Å². The highest BCUT2D eigenvalue weighted by Crippen LogP contribution is 2.19. The van der Waals surface area contributed by atoms with Gasteiger partial charge in [-0.15, -0.1) is 11.3 Å². The van der Waals surface area contributed by atoms with E-state index in [4.69, 9.17) is 5.73 Å². The fraction of sp³-hybridized carbons (Fsp3) is 0.286. The molecule has 2 rings (SSSR count). The number of thiazole rings is 1. The molecule has 4 nitrogen and oxygen atoms in total. The smallest absolute Gasteiger partial charge is 0.266 e. The van der Waals surface area contributed by atoms with Gasteiger partial charge in [0.1, 0.15) is 4.88 Å². The quantitative estimate of drug-likeness (QED) is 0.873. The summed E-state index contributed by atoms with van der Waals surface area (Å²) in [5.41, 5.74) is 10.1. The number of carbonyl (C=O) groups is 1. The predicted molar refractivity (Wildman–Crippen MR) is 78.1 cm³/mol. The minimum absolute atomic E-state index is 0.0192. The Kier molecular flexibility index (Phi) is 4.16. The van der Waals surface area contributed by atoms with Crippen LogP contribution in [0.3, 0.4) is 0 Å². The molecule has 1 amide bonds. The standard InChI is InChI=1S/C14H17N3OS/c1-3-17(8-11-6-4-5-7-12(11)15)14(18)13-10(2)16-9-19-13/h4-7,9H,3,8,15H2,1-2H3. The lowest BCUT2D eigenvalue weighted by atomic mass is 10.1. The van der Waals surface area contributed by atoms with Crippen molar-refractivity contribution in [2.24, 2.45) is 0 Å². The van der Waals surface area contributed by atoms with E-state index < -0.39 is 0 Å². The Hall–Kier alpha value is -1.88. The van der Waals surface area contributed by atoms with Gasteiger partial charge in [-0.3, -0.25) is 4.79 Å². The van der Waals surface area contributed by atoms with Gasteiger partial charge in [-0.25, -0.2) is 4.98 Å². The number of benzene rings is 1. The minimum Gasteiger partial charge on any atom is -0.398 e. The molecular weight excluding hydrogens is 258 g/mol. The summed E-state index contributed by atoms with van der Waals surface area (Å²) in [6.07, 6.45) is 0. The lowest BCUT2D eigenvalue weighted by Crippen LogP contribution is -2.30. The number of nitrogens with zero attached hydrogens (tertiary/aromatic N) is 2. The highest BCUT2D eigenvalue weighted by Gasteiger charge is 2.19. The second-order valence-electron chi connectivity index (χ2n) is 4.29. The SMILES string of the molecule is CCN(Cc1ccccc1N)C(=O)c1scnc1C. The molecule has 5 heteroatoms. The van der Waals surface area contributed by atoms with Crippen molar-refractivity contribution in [3.8, 4) is 0 Å². The van der Waals surface area contributed by atoms with E-state index in [9.17, 15) is 4.79 Å². The first-order valence-electron chi connectivity index (χ1n) is 6.16. The van der Waals surface area contributed by atoms with E-state index in [1.165, 1.54) is 11.3 Å². The van der Waals surface area contributed by atoms with Crippen LogP contribution in [-0.2, 0) is 6.54 Å². The van der Waals surface area contributed by atoms with Crippen LogP contribution in [0.5, 0.6) is 0 Å². The van der Waals surface area contributed by atoms with Crippen molar-refractivity contribution >= 4 is 22.9 Å². The average molecular weight is 275 g/mol.